The molecule has 0 saturated carbocycles. The van der Waals surface area contributed by atoms with E-state index in [0.717, 1.165) is 32.4 Å². The van der Waals surface area contributed by atoms with Gasteiger partial charge in [0.2, 0.25) is 0 Å². The summed E-state index contributed by atoms with van der Waals surface area (Å²) in [4.78, 5) is 12.2. The van der Waals surface area contributed by atoms with E-state index in [2.05, 4.69) is 16.0 Å². The third-order valence-electron chi connectivity index (χ3n) is 4.66. The Hall–Kier alpha value is -3.16. The number of methoxy groups -OCH3 is 1. The molecule has 7 heteroatoms. The molecule has 0 aliphatic rings. The minimum atomic E-state index is 0.495. The molecule has 0 fully saturated rings. The van der Waals surface area contributed by atoms with Gasteiger partial charge < -0.3 is 20.1 Å². The monoisotopic (exact) mass is 420 g/mol. The summed E-state index contributed by atoms with van der Waals surface area (Å²) in [6.45, 7) is 2.41. The average molecular weight is 421 g/mol. The number of fused-ring (bicyclic) bond motifs is 1. The molecule has 0 bridgehead atoms. The van der Waals surface area contributed by atoms with Gasteiger partial charge in [-0.2, -0.15) is 0 Å². The molecule has 2 aromatic heterocycles. The third kappa shape index (κ3) is 4.69. The molecule has 0 spiro atoms. The molecule has 0 aliphatic heterocycles. The molecule has 2 aromatic carbocycles. The van der Waals surface area contributed by atoms with Crippen LogP contribution >= 0.6 is 11.3 Å². The molecule has 30 heavy (non-hydrogen) atoms. The van der Waals surface area contributed by atoms with Crippen molar-refractivity contribution in [3.05, 3.63) is 78.0 Å². The van der Waals surface area contributed by atoms with E-state index in [1.54, 1.807) is 24.6 Å². The fourth-order valence-electron chi connectivity index (χ4n) is 3.18. The van der Waals surface area contributed by atoms with Crippen molar-refractivity contribution in [3.8, 4) is 11.5 Å². The van der Waals surface area contributed by atoms with Crippen LogP contribution in [0, 0.1) is 0 Å². The maximum Gasteiger partial charge on any atom is 0.188 e. The first-order valence-corrected chi connectivity index (χ1v) is 10.6. The van der Waals surface area contributed by atoms with E-state index >= 15 is 0 Å². The van der Waals surface area contributed by atoms with Crippen LogP contribution in [0.2, 0.25) is 0 Å². The molecule has 4 aromatic rings. The van der Waals surface area contributed by atoms with Crippen LogP contribution in [0.5, 0.6) is 11.5 Å². The minimum Gasteiger partial charge on any atom is -0.493 e. The van der Waals surface area contributed by atoms with Crippen LogP contribution in [-0.2, 0) is 13.2 Å². The van der Waals surface area contributed by atoms with Crippen LogP contribution in [0.1, 0.15) is 11.1 Å². The fourth-order valence-corrected chi connectivity index (χ4v) is 4.11. The summed E-state index contributed by atoms with van der Waals surface area (Å²) < 4.78 is 11.5. The number of nitrogens with two attached hydrogens (primary N) is 1. The number of hydrogen-bond acceptors (Lipinski definition) is 7. The van der Waals surface area contributed by atoms with Crippen LogP contribution in [-0.4, -0.2) is 30.2 Å². The first kappa shape index (κ1) is 20.1. The van der Waals surface area contributed by atoms with Crippen molar-refractivity contribution in [1.29, 1.82) is 0 Å². The van der Waals surface area contributed by atoms with Gasteiger partial charge in [0.1, 0.15) is 17.0 Å². The average Bonchev–Trinajstić information content (AvgIpc) is 3.23. The number of thiazole rings is 1. The smallest absolute Gasteiger partial charge is 0.188 e. The van der Waals surface area contributed by atoms with Crippen LogP contribution < -0.4 is 20.1 Å². The summed E-state index contributed by atoms with van der Waals surface area (Å²) >= 11 is 1.58. The highest BCUT2D eigenvalue weighted by atomic mass is 32.1. The van der Waals surface area contributed by atoms with Crippen molar-refractivity contribution in [3.63, 3.8) is 0 Å². The Kier molecular flexibility index (Phi) is 6.41. The topological polar surface area (TPSA) is 73.5 Å². The Labute approximate surface area is 179 Å². The lowest BCUT2D eigenvalue weighted by atomic mass is 10.2. The number of benzene rings is 2. The molecule has 0 aliphatic carbocycles. The third-order valence-corrected chi connectivity index (χ3v) is 5.70. The van der Waals surface area contributed by atoms with E-state index < -0.39 is 0 Å². The number of ether oxygens (including phenoxy) is 2. The van der Waals surface area contributed by atoms with Crippen LogP contribution in [0.4, 0.5) is 5.13 Å². The van der Waals surface area contributed by atoms with Crippen LogP contribution in [0.3, 0.4) is 0 Å². The lowest BCUT2D eigenvalue weighted by molar-refractivity contribution is 0.284. The second-order valence-electron chi connectivity index (χ2n) is 6.79. The van der Waals surface area contributed by atoms with Gasteiger partial charge >= 0.3 is 0 Å². The zero-order valence-electron chi connectivity index (χ0n) is 16.8. The fraction of sp³-hybridized carbons (Fsp3) is 0.217. The van der Waals surface area contributed by atoms with Gasteiger partial charge in [0.05, 0.1) is 7.11 Å². The van der Waals surface area contributed by atoms with Gasteiger partial charge in [-0.05, 0) is 35.4 Å². The van der Waals surface area contributed by atoms with E-state index in [1.165, 1.54) is 0 Å². The minimum absolute atomic E-state index is 0.495. The van der Waals surface area contributed by atoms with Gasteiger partial charge in [-0.25, -0.2) is 9.97 Å². The zero-order chi connectivity index (χ0) is 20.8. The number of rotatable bonds is 9. The molecule has 6 nitrogen and oxygen atoms in total. The predicted molar refractivity (Wildman–Crippen MR) is 121 cm³/mol. The molecule has 0 radical (unpaired) electrons. The molecular weight excluding hydrogens is 396 g/mol. The molecule has 0 amide bonds. The van der Waals surface area contributed by atoms with Gasteiger partial charge in [0.15, 0.2) is 16.6 Å². The number of hydrogen-bond donors (Lipinski definition) is 1. The Balaban J connectivity index is 1.51. The highest BCUT2D eigenvalue weighted by Gasteiger charge is 2.14. The normalized spacial score (nSPS) is 10.9. The summed E-state index contributed by atoms with van der Waals surface area (Å²) in [5.74, 6) is 1.43. The predicted octanol–water partition coefficient (Wildman–Crippen LogP) is 4.24. The lowest BCUT2D eigenvalue weighted by Gasteiger charge is -2.21. The molecule has 0 saturated heterocycles. The summed E-state index contributed by atoms with van der Waals surface area (Å²) in [6, 6.07) is 20.0. The molecule has 0 unspecified atom stereocenters. The van der Waals surface area contributed by atoms with Crippen molar-refractivity contribution in [2.24, 2.45) is 5.73 Å². The maximum atomic E-state index is 5.97. The highest BCUT2D eigenvalue weighted by molar-refractivity contribution is 7.21. The Morgan fingerprint density at radius 1 is 1.00 bits per heavy atom. The SMILES string of the molecule is COc1cc(CN(CCN)c2nc3cccnc3s2)ccc1OCc1ccccc1. The van der Waals surface area contributed by atoms with E-state index in [9.17, 15) is 0 Å². The van der Waals surface area contributed by atoms with Crippen molar-refractivity contribution in [2.75, 3.05) is 25.1 Å². The van der Waals surface area contributed by atoms with Gasteiger partial charge in [-0.1, -0.05) is 47.7 Å². The summed E-state index contributed by atoms with van der Waals surface area (Å²) in [5, 5.41) is 0.914. The molecule has 2 heterocycles. The molecular formula is C23H24N4O2S. The Bertz CT molecular complexity index is 1070. The number of anilines is 1. The van der Waals surface area contributed by atoms with Crippen molar-refractivity contribution in [2.45, 2.75) is 13.2 Å². The Morgan fingerprint density at radius 3 is 2.63 bits per heavy atom. The molecule has 154 valence electrons. The number of pyridine rings is 1. The largest absolute Gasteiger partial charge is 0.493 e. The highest BCUT2D eigenvalue weighted by Crippen LogP contribution is 2.31. The van der Waals surface area contributed by atoms with Gasteiger partial charge in [0, 0.05) is 25.8 Å². The second kappa shape index (κ2) is 9.56. The van der Waals surface area contributed by atoms with Crippen LogP contribution in [0.15, 0.2) is 66.9 Å². The van der Waals surface area contributed by atoms with E-state index in [4.69, 9.17) is 20.2 Å². The van der Waals surface area contributed by atoms with E-state index in [0.29, 0.717) is 32.0 Å². The first-order chi connectivity index (χ1) is 14.8. The lowest BCUT2D eigenvalue weighted by Crippen LogP contribution is -2.28. The van der Waals surface area contributed by atoms with E-state index in [-0.39, 0.29) is 0 Å². The quantitative estimate of drug-likeness (QED) is 0.436. The summed E-state index contributed by atoms with van der Waals surface area (Å²) in [7, 11) is 1.66. The Morgan fingerprint density at radius 2 is 1.87 bits per heavy atom. The van der Waals surface area contributed by atoms with E-state index in [1.807, 2.05) is 54.6 Å². The van der Waals surface area contributed by atoms with Crippen molar-refractivity contribution in [1.82, 2.24) is 9.97 Å². The maximum absolute atomic E-state index is 5.97. The second-order valence-corrected chi connectivity index (χ2v) is 7.75. The summed E-state index contributed by atoms with van der Waals surface area (Å²) in [5.41, 5.74) is 8.98. The van der Waals surface area contributed by atoms with Gasteiger partial charge in [0.25, 0.3) is 0 Å². The number of aromatic nitrogens is 2. The van der Waals surface area contributed by atoms with Gasteiger partial charge in [-0.3, -0.25) is 0 Å². The molecule has 0 atom stereocenters. The van der Waals surface area contributed by atoms with Crippen molar-refractivity contribution < 1.29 is 9.47 Å². The van der Waals surface area contributed by atoms with Crippen LogP contribution in [0.25, 0.3) is 10.3 Å². The zero-order valence-corrected chi connectivity index (χ0v) is 17.6. The number of nitrogens with zero attached hydrogens (tertiary/aromatic N) is 3. The standard InChI is InChI=1S/C23H24N4O2S/c1-28-21-14-18(9-10-20(21)29-16-17-6-3-2-4-7-17)15-27(13-11-24)23-26-19-8-5-12-25-22(19)30-23/h2-10,12,14H,11,13,15-16,24H2,1H3. The summed E-state index contributed by atoms with van der Waals surface area (Å²) in [6.07, 6.45) is 1.79. The molecule has 2 N–H and O–H groups in total. The van der Waals surface area contributed by atoms with Crippen molar-refractivity contribution >= 4 is 26.8 Å². The molecule has 4 rings (SSSR count). The first-order valence-electron chi connectivity index (χ1n) is 9.77. The van der Waals surface area contributed by atoms with Gasteiger partial charge in [-0.15, -0.1) is 0 Å².